The second-order valence-corrected chi connectivity index (χ2v) is 5.62. The van der Waals surface area contributed by atoms with Gasteiger partial charge < -0.3 is 20.1 Å². The Hall–Kier alpha value is -2.73. The molecule has 0 aliphatic rings. The van der Waals surface area contributed by atoms with E-state index in [1.54, 1.807) is 7.11 Å². The van der Waals surface area contributed by atoms with Crippen molar-refractivity contribution in [2.45, 2.75) is 13.5 Å². The van der Waals surface area contributed by atoms with Gasteiger partial charge in [-0.15, -0.1) is 0 Å². The molecule has 2 rings (SSSR count). The van der Waals surface area contributed by atoms with E-state index in [4.69, 9.17) is 21.1 Å². The number of carbonyl (C=O) groups is 2. The summed E-state index contributed by atoms with van der Waals surface area (Å²) in [4.78, 5) is 23.7. The number of anilines is 1. The third kappa shape index (κ3) is 4.64. The molecule has 0 atom stereocenters. The smallest absolute Gasteiger partial charge is 0.255 e. The van der Waals surface area contributed by atoms with E-state index in [2.05, 4.69) is 10.6 Å². The molecule has 2 N–H and O–H groups in total. The molecule has 0 aliphatic carbocycles. The van der Waals surface area contributed by atoms with Crippen molar-refractivity contribution >= 4 is 29.1 Å². The van der Waals surface area contributed by atoms with Crippen LogP contribution in [0.15, 0.2) is 36.4 Å². The van der Waals surface area contributed by atoms with Crippen LogP contribution in [-0.4, -0.2) is 26.0 Å². The van der Waals surface area contributed by atoms with E-state index in [9.17, 15) is 9.59 Å². The zero-order valence-electron chi connectivity index (χ0n) is 14.2. The van der Waals surface area contributed by atoms with Gasteiger partial charge in [-0.05, 0) is 12.1 Å². The Balaban J connectivity index is 2.21. The molecule has 7 heteroatoms. The number of para-hydroxylation sites is 1. The van der Waals surface area contributed by atoms with E-state index in [-0.39, 0.29) is 28.9 Å². The molecule has 0 unspecified atom stereocenters. The number of ether oxygens (including phenoxy) is 2. The normalized spacial score (nSPS) is 10.1. The highest BCUT2D eigenvalue weighted by atomic mass is 35.5. The molecule has 0 heterocycles. The molecule has 0 spiro atoms. The molecular weight excluding hydrogens is 344 g/mol. The van der Waals surface area contributed by atoms with Crippen LogP contribution in [0.5, 0.6) is 11.5 Å². The van der Waals surface area contributed by atoms with Gasteiger partial charge in [0.05, 0.1) is 30.5 Å². The predicted octanol–water partition coefficient (Wildman–Crippen LogP) is 3.25. The number of amides is 2. The standard InChI is InChI=1S/C18H19ClN2O4/c1-11(22)21-15-9-17(25-3)13(8-14(15)19)18(23)20-10-12-6-4-5-7-16(12)24-2/h4-9H,10H2,1-3H3,(H,20,23)(H,21,22). The molecule has 2 aromatic rings. The van der Waals surface area contributed by atoms with Crippen LogP contribution >= 0.6 is 11.6 Å². The predicted molar refractivity (Wildman–Crippen MR) is 96.5 cm³/mol. The number of halogens is 1. The minimum Gasteiger partial charge on any atom is -0.496 e. The van der Waals surface area contributed by atoms with Crippen LogP contribution in [0.25, 0.3) is 0 Å². The Morgan fingerprint density at radius 1 is 1.08 bits per heavy atom. The van der Waals surface area contributed by atoms with E-state index >= 15 is 0 Å². The molecule has 25 heavy (non-hydrogen) atoms. The van der Waals surface area contributed by atoms with Gasteiger partial charge in [0.15, 0.2) is 0 Å². The monoisotopic (exact) mass is 362 g/mol. The maximum atomic E-state index is 12.5. The molecule has 6 nitrogen and oxygen atoms in total. The number of nitrogens with one attached hydrogen (secondary N) is 2. The highest BCUT2D eigenvalue weighted by Crippen LogP contribution is 2.31. The maximum absolute atomic E-state index is 12.5. The molecule has 0 saturated heterocycles. The van der Waals surface area contributed by atoms with Crippen LogP contribution in [0, 0.1) is 0 Å². The molecule has 0 saturated carbocycles. The van der Waals surface area contributed by atoms with Crippen LogP contribution in [0.2, 0.25) is 5.02 Å². The fourth-order valence-corrected chi connectivity index (χ4v) is 2.52. The van der Waals surface area contributed by atoms with E-state index in [0.29, 0.717) is 17.2 Å². The summed E-state index contributed by atoms with van der Waals surface area (Å²) in [6, 6.07) is 10.4. The molecule has 0 bridgehead atoms. The summed E-state index contributed by atoms with van der Waals surface area (Å²) in [7, 11) is 3.02. The Kier molecular flexibility index (Phi) is 6.25. The van der Waals surface area contributed by atoms with Gasteiger partial charge in [-0.3, -0.25) is 9.59 Å². The lowest BCUT2D eigenvalue weighted by atomic mass is 10.1. The number of hydrogen-bond acceptors (Lipinski definition) is 4. The first-order valence-corrected chi connectivity index (χ1v) is 7.89. The molecule has 0 radical (unpaired) electrons. The molecule has 2 amide bonds. The lowest BCUT2D eigenvalue weighted by molar-refractivity contribution is -0.114. The first-order valence-electron chi connectivity index (χ1n) is 7.51. The lowest BCUT2D eigenvalue weighted by Crippen LogP contribution is -2.23. The first kappa shape index (κ1) is 18.6. The summed E-state index contributed by atoms with van der Waals surface area (Å²) < 4.78 is 10.5. The average molecular weight is 363 g/mol. The van der Waals surface area contributed by atoms with Gasteiger partial charge in [-0.2, -0.15) is 0 Å². The molecular formula is C18H19ClN2O4. The van der Waals surface area contributed by atoms with E-state index in [1.807, 2.05) is 24.3 Å². The molecule has 2 aromatic carbocycles. The van der Waals surface area contributed by atoms with E-state index in [0.717, 1.165) is 5.56 Å². The fraction of sp³-hybridized carbons (Fsp3) is 0.222. The zero-order chi connectivity index (χ0) is 18.4. The average Bonchev–Trinajstić information content (AvgIpc) is 2.60. The van der Waals surface area contributed by atoms with Crippen molar-refractivity contribution in [1.29, 1.82) is 0 Å². The number of carbonyl (C=O) groups excluding carboxylic acids is 2. The summed E-state index contributed by atoms with van der Waals surface area (Å²) >= 11 is 6.14. The van der Waals surface area contributed by atoms with E-state index in [1.165, 1.54) is 26.2 Å². The minimum atomic E-state index is -0.348. The SMILES string of the molecule is COc1ccccc1CNC(=O)c1cc(Cl)c(NC(C)=O)cc1OC. The van der Waals surface area contributed by atoms with Gasteiger partial charge in [-0.1, -0.05) is 29.8 Å². The summed E-state index contributed by atoms with van der Waals surface area (Å²) in [5, 5.41) is 5.64. The zero-order valence-corrected chi connectivity index (χ0v) is 14.9. The van der Waals surface area contributed by atoms with Crippen molar-refractivity contribution in [2.24, 2.45) is 0 Å². The fourth-order valence-electron chi connectivity index (χ4n) is 2.30. The number of benzene rings is 2. The summed E-state index contributed by atoms with van der Waals surface area (Å²) in [6.45, 7) is 1.66. The van der Waals surface area contributed by atoms with Crippen LogP contribution in [0.4, 0.5) is 5.69 Å². The molecule has 0 aliphatic heterocycles. The second-order valence-electron chi connectivity index (χ2n) is 5.21. The Morgan fingerprint density at radius 2 is 1.76 bits per heavy atom. The highest BCUT2D eigenvalue weighted by molar-refractivity contribution is 6.34. The largest absolute Gasteiger partial charge is 0.496 e. The Morgan fingerprint density at radius 3 is 2.40 bits per heavy atom. The van der Waals surface area contributed by atoms with Crippen molar-refractivity contribution in [3.05, 3.63) is 52.5 Å². The second kappa shape index (κ2) is 8.39. The first-order chi connectivity index (χ1) is 12.0. The summed E-state index contributed by atoms with van der Waals surface area (Å²) in [5.41, 5.74) is 1.50. The van der Waals surface area contributed by atoms with Crippen LogP contribution in [0.1, 0.15) is 22.8 Å². The third-order valence-corrected chi connectivity index (χ3v) is 3.79. The van der Waals surface area contributed by atoms with Crippen molar-refractivity contribution in [1.82, 2.24) is 5.32 Å². The van der Waals surface area contributed by atoms with Crippen LogP contribution in [-0.2, 0) is 11.3 Å². The van der Waals surface area contributed by atoms with Crippen LogP contribution in [0.3, 0.4) is 0 Å². The van der Waals surface area contributed by atoms with Crippen molar-refractivity contribution in [3.63, 3.8) is 0 Å². The van der Waals surface area contributed by atoms with Gasteiger partial charge in [0.25, 0.3) is 5.91 Å². The quantitative estimate of drug-likeness (QED) is 0.827. The van der Waals surface area contributed by atoms with Crippen molar-refractivity contribution in [3.8, 4) is 11.5 Å². The summed E-state index contributed by atoms with van der Waals surface area (Å²) in [6.07, 6.45) is 0. The van der Waals surface area contributed by atoms with Crippen molar-refractivity contribution in [2.75, 3.05) is 19.5 Å². The van der Waals surface area contributed by atoms with Crippen LogP contribution < -0.4 is 20.1 Å². The van der Waals surface area contributed by atoms with Gasteiger partial charge >= 0.3 is 0 Å². The van der Waals surface area contributed by atoms with Gasteiger partial charge in [-0.25, -0.2) is 0 Å². The molecule has 0 aromatic heterocycles. The van der Waals surface area contributed by atoms with Gasteiger partial charge in [0.2, 0.25) is 5.91 Å². The number of hydrogen-bond donors (Lipinski definition) is 2. The Bertz CT molecular complexity index is 793. The molecule has 0 fully saturated rings. The van der Waals surface area contributed by atoms with Gasteiger partial charge in [0, 0.05) is 25.1 Å². The number of methoxy groups -OCH3 is 2. The van der Waals surface area contributed by atoms with Gasteiger partial charge in [0.1, 0.15) is 11.5 Å². The Labute approximate surface area is 151 Å². The maximum Gasteiger partial charge on any atom is 0.255 e. The van der Waals surface area contributed by atoms with Crippen molar-refractivity contribution < 1.29 is 19.1 Å². The lowest BCUT2D eigenvalue weighted by Gasteiger charge is -2.14. The number of rotatable bonds is 6. The minimum absolute atomic E-state index is 0.249. The third-order valence-electron chi connectivity index (χ3n) is 3.48. The summed E-state index contributed by atoms with van der Waals surface area (Å²) in [5.74, 6) is 0.385. The topological polar surface area (TPSA) is 76.7 Å². The highest BCUT2D eigenvalue weighted by Gasteiger charge is 2.17. The molecule has 132 valence electrons. The van der Waals surface area contributed by atoms with E-state index < -0.39 is 0 Å².